The Morgan fingerprint density at radius 2 is 2.21 bits per heavy atom. The number of aldehydes is 1. The molecular formula is C21H26F2N3O2+. The number of carbonyl (C=O) groups excluding carboxylic acids is 2. The third kappa shape index (κ3) is 3.57. The number of allylic oxidation sites excluding steroid dienone is 1. The quantitative estimate of drug-likeness (QED) is 0.321. The third-order valence-electron chi connectivity index (χ3n) is 5.42. The summed E-state index contributed by atoms with van der Waals surface area (Å²) in [4.78, 5) is 22.9. The molecule has 5 nitrogen and oxygen atoms in total. The summed E-state index contributed by atoms with van der Waals surface area (Å²) < 4.78 is 32.8. The fourth-order valence-corrected chi connectivity index (χ4v) is 4.19. The average Bonchev–Trinajstić information content (AvgIpc) is 3.15. The molecular weight excluding hydrogens is 364 g/mol. The molecule has 0 saturated heterocycles. The van der Waals surface area contributed by atoms with E-state index in [-0.39, 0.29) is 31.2 Å². The summed E-state index contributed by atoms with van der Waals surface area (Å²) in [6.45, 7) is 7.16. The zero-order valence-corrected chi connectivity index (χ0v) is 16.3. The molecule has 3 heterocycles. The molecule has 0 fully saturated rings. The molecule has 2 aliphatic rings. The van der Waals surface area contributed by atoms with Crippen LogP contribution in [0.4, 0.5) is 8.78 Å². The van der Waals surface area contributed by atoms with Crippen molar-refractivity contribution in [1.29, 1.82) is 0 Å². The smallest absolute Gasteiger partial charge is 0.353 e. The zero-order valence-electron chi connectivity index (χ0n) is 16.3. The third-order valence-corrected chi connectivity index (χ3v) is 5.42. The summed E-state index contributed by atoms with van der Waals surface area (Å²) in [5.74, 6) is -0.257. The second kappa shape index (κ2) is 7.81. The highest BCUT2D eigenvalue weighted by atomic mass is 19.3. The molecule has 0 spiro atoms. The number of amides is 1. The van der Waals surface area contributed by atoms with Crippen LogP contribution in [-0.4, -0.2) is 39.1 Å². The first-order valence-electron chi connectivity index (χ1n) is 9.53. The number of carbonyl (C=O) groups is 2. The number of hydrogen-bond donors (Lipinski definition) is 1. The normalized spacial score (nSPS) is 20.5. The highest BCUT2D eigenvalue weighted by molar-refractivity contribution is 5.94. The van der Waals surface area contributed by atoms with Crippen LogP contribution in [0.15, 0.2) is 30.9 Å². The van der Waals surface area contributed by atoms with Gasteiger partial charge < -0.3 is 10.1 Å². The number of nitrogens with one attached hydrogen (secondary N) is 1. The van der Waals surface area contributed by atoms with Crippen LogP contribution in [-0.2, 0) is 22.2 Å². The summed E-state index contributed by atoms with van der Waals surface area (Å²) in [5, 5.41) is 2.77. The highest BCUT2D eigenvalue weighted by Crippen LogP contribution is 2.38. The van der Waals surface area contributed by atoms with Crippen LogP contribution in [0.25, 0.3) is 0 Å². The van der Waals surface area contributed by atoms with Crippen molar-refractivity contribution in [2.75, 3.05) is 0 Å². The maximum absolute atomic E-state index is 15.3. The SMILES string of the molecule is C=CCC(CC=O)NC(=O)CCC1=[N+]2C(C=C1)Cc1c(C)cc(C)n1C2(F)F. The number of hydrogen-bond acceptors (Lipinski definition) is 2. The van der Waals surface area contributed by atoms with Crippen molar-refractivity contribution in [3.05, 3.63) is 47.8 Å². The van der Waals surface area contributed by atoms with Crippen LogP contribution in [0.2, 0.25) is 0 Å². The Hall–Kier alpha value is -2.57. The second-order valence-electron chi connectivity index (χ2n) is 7.44. The Labute approximate surface area is 163 Å². The van der Waals surface area contributed by atoms with E-state index in [1.807, 2.05) is 6.92 Å². The Morgan fingerprint density at radius 1 is 1.46 bits per heavy atom. The van der Waals surface area contributed by atoms with E-state index >= 15 is 8.78 Å². The van der Waals surface area contributed by atoms with Crippen molar-refractivity contribution in [2.24, 2.45) is 0 Å². The monoisotopic (exact) mass is 390 g/mol. The van der Waals surface area contributed by atoms with Crippen molar-refractivity contribution in [1.82, 2.24) is 9.88 Å². The largest absolute Gasteiger partial charge is 0.560 e. The van der Waals surface area contributed by atoms with E-state index in [0.717, 1.165) is 21.0 Å². The van der Waals surface area contributed by atoms with Crippen molar-refractivity contribution < 1.29 is 22.9 Å². The molecule has 1 N–H and O–H groups in total. The fraction of sp³-hybridized carbons (Fsp3) is 0.476. The van der Waals surface area contributed by atoms with E-state index in [1.54, 1.807) is 31.2 Å². The van der Waals surface area contributed by atoms with Gasteiger partial charge >= 0.3 is 6.17 Å². The molecule has 7 heteroatoms. The first-order chi connectivity index (χ1) is 13.3. The molecule has 2 unspecified atom stereocenters. The molecule has 1 aromatic rings. The van der Waals surface area contributed by atoms with Gasteiger partial charge in [0.15, 0.2) is 11.8 Å². The van der Waals surface area contributed by atoms with Gasteiger partial charge in [0.1, 0.15) is 6.29 Å². The number of halogens is 2. The maximum Gasteiger partial charge on any atom is 0.560 e. The maximum atomic E-state index is 15.3. The van der Waals surface area contributed by atoms with Crippen LogP contribution in [0.1, 0.15) is 42.6 Å². The number of aryl methyl sites for hydroxylation is 2. The average molecular weight is 390 g/mol. The van der Waals surface area contributed by atoms with E-state index < -0.39 is 12.2 Å². The second-order valence-corrected chi connectivity index (χ2v) is 7.44. The minimum atomic E-state index is -3.17. The lowest BCUT2D eigenvalue weighted by Gasteiger charge is -2.28. The Morgan fingerprint density at radius 3 is 2.89 bits per heavy atom. The molecule has 0 aromatic carbocycles. The van der Waals surface area contributed by atoms with Gasteiger partial charge in [-0.25, -0.2) is 4.57 Å². The number of alkyl halides is 2. The van der Waals surface area contributed by atoms with E-state index in [1.165, 1.54) is 0 Å². The highest BCUT2D eigenvalue weighted by Gasteiger charge is 2.56. The number of fused-ring (bicyclic) bond motifs is 2. The van der Waals surface area contributed by atoms with Gasteiger partial charge in [0.2, 0.25) is 5.91 Å². The molecule has 1 aromatic heterocycles. The molecule has 150 valence electrons. The Kier molecular flexibility index (Phi) is 5.63. The van der Waals surface area contributed by atoms with Gasteiger partial charge in [-0.2, -0.15) is 0 Å². The Balaban J connectivity index is 1.76. The van der Waals surface area contributed by atoms with Crippen molar-refractivity contribution >= 4 is 17.9 Å². The predicted molar refractivity (Wildman–Crippen MR) is 103 cm³/mol. The van der Waals surface area contributed by atoms with Gasteiger partial charge in [-0.3, -0.25) is 4.79 Å². The van der Waals surface area contributed by atoms with E-state index in [9.17, 15) is 9.59 Å². The van der Waals surface area contributed by atoms with Gasteiger partial charge in [0, 0.05) is 42.8 Å². The van der Waals surface area contributed by atoms with Crippen molar-refractivity contribution in [2.45, 2.75) is 64.2 Å². The number of aromatic nitrogens is 1. The van der Waals surface area contributed by atoms with E-state index in [4.69, 9.17) is 0 Å². The molecule has 0 radical (unpaired) electrons. The number of rotatable bonds is 8. The lowest BCUT2D eigenvalue weighted by molar-refractivity contribution is -0.732. The summed E-state index contributed by atoms with van der Waals surface area (Å²) in [6, 6.07) is 1.08. The molecule has 0 saturated carbocycles. The molecule has 2 atom stereocenters. The van der Waals surface area contributed by atoms with Crippen LogP contribution >= 0.6 is 0 Å². The summed E-state index contributed by atoms with van der Waals surface area (Å²) in [5.41, 5.74) is 2.52. The zero-order chi connectivity index (χ0) is 20.5. The summed E-state index contributed by atoms with van der Waals surface area (Å²) in [7, 11) is 0. The lowest BCUT2D eigenvalue weighted by Crippen LogP contribution is -2.49. The van der Waals surface area contributed by atoms with Crippen LogP contribution < -0.4 is 5.32 Å². The van der Waals surface area contributed by atoms with Gasteiger partial charge in [-0.1, -0.05) is 6.08 Å². The van der Waals surface area contributed by atoms with Gasteiger partial charge in [-0.05, 0) is 38.0 Å². The van der Waals surface area contributed by atoms with E-state index in [0.29, 0.717) is 29.9 Å². The summed E-state index contributed by atoms with van der Waals surface area (Å²) in [6.07, 6.45) is 4.22. The molecule has 0 aliphatic carbocycles. The standard InChI is InChI=1S/C21H25F2N3O2/c1-4-5-16(10-11-27)24-20(28)9-8-17-6-7-18-13-19-14(2)12-15(3)25(19)21(22,23)26(17)18/h4,6-7,11-12,16,18H,1,5,8-10,13H2,2-3H3/p+1. The van der Waals surface area contributed by atoms with Gasteiger partial charge in [-0.15, -0.1) is 19.9 Å². The fourth-order valence-electron chi connectivity index (χ4n) is 4.19. The lowest BCUT2D eigenvalue weighted by atomic mass is 10.1. The first-order valence-corrected chi connectivity index (χ1v) is 9.53. The van der Waals surface area contributed by atoms with Crippen molar-refractivity contribution in [3.8, 4) is 0 Å². The molecule has 3 rings (SSSR count). The minimum Gasteiger partial charge on any atom is -0.353 e. The van der Waals surface area contributed by atoms with Gasteiger partial charge in [0.25, 0.3) is 0 Å². The van der Waals surface area contributed by atoms with Crippen molar-refractivity contribution in [3.63, 3.8) is 0 Å². The minimum absolute atomic E-state index is 0.0853. The number of nitrogens with zero attached hydrogens (tertiary/aromatic N) is 2. The molecule has 28 heavy (non-hydrogen) atoms. The molecule has 2 aliphatic heterocycles. The summed E-state index contributed by atoms with van der Waals surface area (Å²) >= 11 is 0. The van der Waals surface area contributed by atoms with Crippen LogP contribution in [0.5, 0.6) is 0 Å². The predicted octanol–water partition coefficient (Wildman–Crippen LogP) is 2.99. The molecule has 1 amide bonds. The first kappa shape index (κ1) is 20.2. The van der Waals surface area contributed by atoms with Crippen LogP contribution in [0, 0.1) is 13.8 Å². The van der Waals surface area contributed by atoms with E-state index in [2.05, 4.69) is 11.9 Å². The topological polar surface area (TPSA) is 54.1 Å². The van der Waals surface area contributed by atoms with Crippen LogP contribution in [0.3, 0.4) is 0 Å². The van der Waals surface area contributed by atoms with Gasteiger partial charge in [0.05, 0.1) is 6.42 Å². The Bertz CT molecular complexity index is 857. The molecule has 0 bridgehead atoms.